The second-order valence-corrected chi connectivity index (χ2v) is 4.55. The summed E-state index contributed by atoms with van der Waals surface area (Å²) in [5.41, 5.74) is 1.58. The number of rotatable bonds is 3. The van der Waals surface area contributed by atoms with Gasteiger partial charge in [-0.1, -0.05) is 22.9 Å². The molecule has 0 amide bonds. The second-order valence-electron chi connectivity index (χ2n) is 3.18. The molecule has 14 heavy (non-hydrogen) atoms. The second kappa shape index (κ2) is 4.60. The lowest BCUT2D eigenvalue weighted by molar-refractivity contribution is 0.0995. The number of phenolic OH excluding ortho intramolecular Hbond substituents is 1. The van der Waals surface area contributed by atoms with Gasteiger partial charge in [0.05, 0.1) is 4.83 Å². The topological polar surface area (TPSA) is 37.3 Å². The molecule has 0 heterocycles. The number of hydrogen-bond donors (Lipinski definition) is 1. The number of hydrogen-bond acceptors (Lipinski definition) is 2. The van der Waals surface area contributed by atoms with Gasteiger partial charge in [-0.3, -0.25) is 4.79 Å². The molecule has 0 spiro atoms. The Balaban J connectivity index is 3.14. The monoisotopic (exact) mass is 256 g/mol. The maximum atomic E-state index is 11.7. The minimum Gasteiger partial charge on any atom is -0.508 e. The summed E-state index contributed by atoms with van der Waals surface area (Å²) in [6.07, 6.45) is 0.745. The highest BCUT2D eigenvalue weighted by Gasteiger charge is 2.15. The summed E-state index contributed by atoms with van der Waals surface area (Å²) >= 11 is 3.25. The third kappa shape index (κ3) is 2.35. The van der Waals surface area contributed by atoms with Crippen LogP contribution in [-0.4, -0.2) is 15.7 Å². The van der Waals surface area contributed by atoms with Gasteiger partial charge < -0.3 is 5.11 Å². The molecule has 0 saturated heterocycles. The van der Waals surface area contributed by atoms with Crippen LogP contribution >= 0.6 is 15.9 Å². The van der Waals surface area contributed by atoms with Crippen molar-refractivity contribution in [1.29, 1.82) is 0 Å². The fourth-order valence-corrected chi connectivity index (χ4v) is 1.57. The van der Waals surface area contributed by atoms with E-state index in [1.165, 1.54) is 0 Å². The van der Waals surface area contributed by atoms with Crippen LogP contribution in [0.3, 0.4) is 0 Å². The molecule has 0 radical (unpaired) electrons. The van der Waals surface area contributed by atoms with Crippen LogP contribution in [0.2, 0.25) is 0 Å². The zero-order valence-corrected chi connectivity index (χ0v) is 9.84. The van der Waals surface area contributed by atoms with Crippen LogP contribution in [0.4, 0.5) is 0 Å². The highest BCUT2D eigenvalue weighted by atomic mass is 79.9. The fourth-order valence-electron chi connectivity index (χ4n) is 1.33. The van der Waals surface area contributed by atoms with Crippen molar-refractivity contribution >= 4 is 21.7 Å². The van der Waals surface area contributed by atoms with Crippen molar-refractivity contribution in [3.8, 4) is 5.75 Å². The molecule has 1 atom stereocenters. The van der Waals surface area contributed by atoms with Crippen LogP contribution < -0.4 is 0 Å². The molecule has 2 nitrogen and oxygen atoms in total. The van der Waals surface area contributed by atoms with Crippen molar-refractivity contribution in [3.05, 3.63) is 29.3 Å². The van der Waals surface area contributed by atoms with Crippen LogP contribution in [0.1, 0.15) is 29.8 Å². The Morgan fingerprint density at radius 1 is 1.57 bits per heavy atom. The van der Waals surface area contributed by atoms with Gasteiger partial charge in [0.15, 0.2) is 5.78 Å². The van der Waals surface area contributed by atoms with E-state index in [4.69, 9.17) is 0 Å². The van der Waals surface area contributed by atoms with E-state index in [9.17, 15) is 9.90 Å². The molecule has 1 rings (SSSR count). The number of aromatic hydroxyl groups is 1. The Labute approximate surface area is 92.1 Å². The Bertz CT molecular complexity index is 345. The van der Waals surface area contributed by atoms with E-state index in [1.54, 1.807) is 25.1 Å². The highest BCUT2D eigenvalue weighted by molar-refractivity contribution is 9.10. The highest BCUT2D eigenvalue weighted by Crippen LogP contribution is 2.20. The van der Waals surface area contributed by atoms with Gasteiger partial charge in [-0.2, -0.15) is 0 Å². The quantitative estimate of drug-likeness (QED) is 0.667. The number of carbonyl (C=O) groups excluding carboxylic acids is 1. The lowest BCUT2D eigenvalue weighted by atomic mass is 10.00. The smallest absolute Gasteiger partial charge is 0.176 e. The first-order chi connectivity index (χ1) is 6.56. The van der Waals surface area contributed by atoms with E-state index in [0.717, 1.165) is 12.0 Å². The standard InChI is InChI=1S/C11H13BrO2/c1-3-8-6-9(13)4-5-10(8)11(14)7(2)12/h4-7,13H,3H2,1-2H3. The summed E-state index contributed by atoms with van der Waals surface area (Å²) in [7, 11) is 0. The summed E-state index contributed by atoms with van der Waals surface area (Å²) in [6, 6.07) is 4.86. The summed E-state index contributed by atoms with van der Waals surface area (Å²) in [5, 5.41) is 9.27. The first kappa shape index (κ1) is 11.2. The molecular weight excluding hydrogens is 244 g/mol. The van der Waals surface area contributed by atoms with Gasteiger partial charge in [-0.15, -0.1) is 0 Å². The number of alkyl halides is 1. The summed E-state index contributed by atoms with van der Waals surface area (Å²) < 4.78 is 0. The van der Waals surface area contributed by atoms with Crippen molar-refractivity contribution in [2.45, 2.75) is 25.1 Å². The van der Waals surface area contributed by atoms with Crippen LogP contribution in [0.15, 0.2) is 18.2 Å². The molecule has 0 aliphatic heterocycles. The third-order valence-electron chi connectivity index (χ3n) is 2.10. The number of benzene rings is 1. The zero-order chi connectivity index (χ0) is 10.7. The van der Waals surface area contributed by atoms with Gasteiger partial charge >= 0.3 is 0 Å². The Morgan fingerprint density at radius 3 is 2.71 bits per heavy atom. The summed E-state index contributed by atoms with van der Waals surface area (Å²) in [5.74, 6) is 0.266. The molecule has 0 fully saturated rings. The third-order valence-corrected chi connectivity index (χ3v) is 2.51. The molecule has 1 unspecified atom stereocenters. The normalized spacial score (nSPS) is 12.5. The molecule has 0 bridgehead atoms. The predicted octanol–water partition coefficient (Wildman–Crippen LogP) is 2.92. The van der Waals surface area contributed by atoms with Crippen LogP contribution in [0.25, 0.3) is 0 Å². The van der Waals surface area contributed by atoms with E-state index in [2.05, 4.69) is 15.9 Å². The van der Waals surface area contributed by atoms with Crippen molar-refractivity contribution in [3.63, 3.8) is 0 Å². The van der Waals surface area contributed by atoms with Gasteiger partial charge in [0.2, 0.25) is 0 Å². The zero-order valence-electron chi connectivity index (χ0n) is 8.25. The number of aryl methyl sites for hydroxylation is 1. The first-order valence-electron chi connectivity index (χ1n) is 4.56. The number of ketones is 1. The number of carbonyl (C=O) groups is 1. The van der Waals surface area contributed by atoms with Crippen molar-refractivity contribution < 1.29 is 9.90 Å². The maximum Gasteiger partial charge on any atom is 0.176 e. The Hall–Kier alpha value is -0.830. The van der Waals surface area contributed by atoms with E-state index >= 15 is 0 Å². The number of phenols is 1. The Morgan fingerprint density at radius 2 is 2.21 bits per heavy atom. The van der Waals surface area contributed by atoms with Gasteiger partial charge in [-0.05, 0) is 37.1 Å². The lowest BCUT2D eigenvalue weighted by Gasteiger charge is -2.08. The lowest BCUT2D eigenvalue weighted by Crippen LogP contribution is -2.12. The molecule has 0 aliphatic rings. The number of halogens is 1. The molecule has 76 valence electrons. The molecule has 0 aromatic heterocycles. The van der Waals surface area contributed by atoms with E-state index in [-0.39, 0.29) is 16.4 Å². The summed E-state index contributed by atoms with van der Waals surface area (Å²) in [6.45, 7) is 3.76. The van der Waals surface area contributed by atoms with Gasteiger partial charge in [-0.25, -0.2) is 0 Å². The van der Waals surface area contributed by atoms with Crippen LogP contribution in [0.5, 0.6) is 5.75 Å². The minimum absolute atomic E-state index is 0.0573. The van der Waals surface area contributed by atoms with Gasteiger partial charge in [0.25, 0.3) is 0 Å². The minimum atomic E-state index is -0.183. The predicted molar refractivity (Wildman–Crippen MR) is 60.2 cm³/mol. The largest absolute Gasteiger partial charge is 0.508 e. The molecule has 3 heteroatoms. The van der Waals surface area contributed by atoms with E-state index < -0.39 is 0 Å². The van der Waals surface area contributed by atoms with Crippen LogP contribution in [0, 0.1) is 0 Å². The average Bonchev–Trinajstić information content (AvgIpc) is 2.16. The summed E-state index contributed by atoms with van der Waals surface area (Å²) in [4.78, 5) is 11.5. The molecule has 1 N–H and O–H groups in total. The van der Waals surface area contributed by atoms with Crippen molar-refractivity contribution in [2.24, 2.45) is 0 Å². The molecule has 0 aliphatic carbocycles. The SMILES string of the molecule is CCc1cc(O)ccc1C(=O)C(C)Br. The molecular formula is C11H13BrO2. The van der Waals surface area contributed by atoms with Crippen LogP contribution in [-0.2, 0) is 6.42 Å². The van der Waals surface area contributed by atoms with E-state index in [0.29, 0.717) is 5.56 Å². The van der Waals surface area contributed by atoms with E-state index in [1.807, 2.05) is 6.92 Å². The molecule has 1 aromatic carbocycles. The molecule has 0 saturated carbocycles. The number of Topliss-reactive ketones (excluding diaryl/α,β-unsaturated/α-hetero) is 1. The molecule has 1 aromatic rings. The van der Waals surface area contributed by atoms with Crippen molar-refractivity contribution in [2.75, 3.05) is 0 Å². The Kier molecular flexibility index (Phi) is 3.69. The maximum absolute atomic E-state index is 11.7. The fraction of sp³-hybridized carbons (Fsp3) is 0.364. The van der Waals surface area contributed by atoms with Gasteiger partial charge in [0.1, 0.15) is 5.75 Å². The van der Waals surface area contributed by atoms with Gasteiger partial charge in [0, 0.05) is 5.56 Å². The average molecular weight is 257 g/mol. The first-order valence-corrected chi connectivity index (χ1v) is 5.48. The van der Waals surface area contributed by atoms with Crippen molar-refractivity contribution in [1.82, 2.24) is 0 Å².